The average Bonchev–Trinajstić information content (AvgIpc) is 2.96. The molecule has 5 nitrogen and oxygen atoms in total. The zero-order chi connectivity index (χ0) is 14.5. The largest absolute Gasteiger partial charge is 0.337 e. The second-order valence-corrected chi connectivity index (χ2v) is 6.26. The van der Waals surface area contributed by atoms with Crippen molar-refractivity contribution < 1.29 is 4.79 Å². The standard InChI is InChI=1S/C14H24N4OS/c1-3-6-18-7-4-11(5-8-18)17(2)14(19)12-10-20-13(9-15)16-12/h10-11H,3-9,15H2,1-2H3. The number of hydrogen-bond acceptors (Lipinski definition) is 5. The molecule has 1 aliphatic rings. The summed E-state index contributed by atoms with van der Waals surface area (Å²) in [5.74, 6) is 0.0230. The van der Waals surface area contributed by atoms with Crippen molar-refractivity contribution in [3.05, 3.63) is 16.1 Å². The Labute approximate surface area is 124 Å². The van der Waals surface area contributed by atoms with Gasteiger partial charge in [0.1, 0.15) is 10.7 Å². The lowest BCUT2D eigenvalue weighted by molar-refractivity contribution is 0.0637. The normalized spacial score (nSPS) is 17.4. The SMILES string of the molecule is CCCN1CCC(N(C)C(=O)c2csc(CN)n2)CC1. The number of amides is 1. The van der Waals surface area contributed by atoms with Gasteiger partial charge in [-0.25, -0.2) is 4.98 Å². The highest BCUT2D eigenvalue weighted by Crippen LogP contribution is 2.18. The number of hydrogen-bond donors (Lipinski definition) is 1. The first kappa shape index (κ1) is 15.4. The van der Waals surface area contributed by atoms with E-state index in [2.05, 4.69) is 16.8 Å². The Hall–Kier alpha value is -0.980. The van der Waals surface area contributed by atoms with Crippen LogP contribution in [0.25, 0.3) is 0 Å². The van der Waals surface area contributed by atoms with Gasteiger partial charge in [0.25, 0.3) is 5.91 Å². The lowest BCUT2D eigenvalue weighted by Crippen LogP contribution is -2.45. The minimum absolute atomic E-state index is 0.0230. The molecule has 1 aromatic heterocycles. The van der Waals surface area contributed by atoms with Crippen LogP contribution >= 0.6 is 11.3 Å². The third kappa shape index (κ3) is 3.56. The molecular formula is C14H24N4OS. The maximum Gasteiger partial charge on any atom is 0.273 e. The van der Waals surface area contributed by atoms with Crippen LogP contribution in [-0.4, -0.2) is 53.4 Å². The van der Waals surface area contributed by atoms with Gasteiger partial charge in [-0.3, -0.25) is 4.79 Å². The van der Waals surface area contributed by atoms with Crippen LogP contribution < -0.4 is 5.73 Å². The number of rotatable bonds is 5. The molecule has 2 heterocycles. The molecule has 6 heteroatoms. The van der Waals surface area contributed by atoms with E-state index in [-0.39, 0.29) is 5.91 Å². The molecule has 0 radical (unpaired) electrons. The van der Waals surface area contributed by atoms with E-state index in [1.165, 1.54) is 17.8 Å². The molecule has 1 aromatic rings. The fraction of sp³-hybridized carbons (Fsp3) is 0.714. The summed E-state index contributed by atoms with van der Waals surface area (Å²) in [4.78, 5) is 21.0. The highest BCUT2D eigenvalue weighted by atomic mass is 32.1. The highest BCUT2D eigenvalue weighted by molar-refractivity contribution is 7.09. The van der Waals surface area contributed by atoms with Gasteiger partial charge in [0.2, 0.25) is 0 Å². The Morgan fingerprint density at radius 2 is 2.25 bits per heavy atom. The van der Waals surface area contributed by atoms with E-state index in [1.807, 2.05) is 17.3 Å². The molecule has 2 N–H and O–H groups in total. The van der Waals surface area contributed by atoms with Crippen LogP contribution in [0.1, 0.15) is 41.7 Å². The van der Waals surface area contributed by atoms with Crippen molar-refractivity contribution in [2.45, 2.75) is 38.8 Å². The van der Waals surface area contributed by atoms with E-state index in [0.717, 1.165) is 37.5 Å². The first-order valence-corrected chi connectivity index (χ1v) is 8.17. The van der Waals surface area contributed by atoms with Crippen LogP contribution in [0.4, 0.5) is 0 Å². The predicted octanol–water partition coefficient (Wildman–Crippen LogP) is 1.55. The summed E-state index contributed by atoms with van der Waals surface area (Å²) in [7, 11) is 1.89. The molecule has 0 unspecified atom stereocenters. The van der Waals surface area contributed by atoms with Crippen molar-refractivity contribution in [2.75, 3.05) is 26.7 Å². The Morgan fingerprint density at radius 1 is 1.55 bits per heavy atom. The fourth-order valence-corrected chi connectivity index (χ4v) is 3.34. The molecule has 2 rings (SSSR count). The zero-order valence-electron chi connectivity index (χ0n) is 12.3. The fourth-order valence-electron chi connectivity index (χ4n) is 2.70. The van der Waals surface area contributed by atoms with Crippen molar-refractivity contribution in [3.63, 3.8) is 0 Å². The van der Waals surface area contributed by atoms with Crippen LogP contribution in [0.5, 0.6) is 0 Å². The summed E-state index contributed by atoms with van der Waals surface area (Å²) in [5, 5.41) is 2.63. The smallest absolute Gasteiger partial charge is 0.273 e. The van der Waals surface area contributed by atoms with Gasteiger partial charge < -0.3 is 15.5 Å². The number of thiazole rings is 1. The van der Waals surface area contributed by atoms with Crippen molar-refractivity contribution in [1.29, 1.82) is 0 Å². The third-order valence-electron chi connectivity index (χ3n) is 3.91. The molecular weight excluding hydrogens is 272 g/mol. The first-order chi connectivity index (χ1) is 9.65. The second kappa shape index (κ2) is 7.15. The summed E-state index contributed by atoms with van der Waals surface area (Å²) in [5.41, 5.74) is 6.08. The molecule has 1 amide bonds. The average molecular weight is 296 g/mol. The van der Waals surface area contributed by atoms with E-state index < -0.39 is 0 Å². The maximum atomic E-state index is 12.4. The summed E-state index contributed by atoms with van der Waals surface area (Å²) < 4.78 is 0. The van der Waals surface area contributed by atoms with Gasteiger partial charge >= 0.3 is 0 Å². The van der Waals surface area contributed by atoms with Crippen LogP contribution in [-0.2, 0) is 6.54 Å². The molecule has 0 spiro atoms. The third-order valence-corrected chi connectivity index (χ3v) is 4.78. The van der Waals surface area contributed by atoms with Gasteiger partial charge in [-0.15, -0.1) is 11.3 Å². The molecule has 0 atom stereocenters. The van der Waals surface area contributed by atoms with E-state index in [9.17, 15) is 4.79 Å². The molecule has 20 heavy (non-hydrogen) atoms. The molecule has 0 aliphatic carbocycles. The summed E-state index contributed by atoms with van der Waals surface area (Å²) in [6.07, 6.45) is 3.30. The quantitative estimate of drug-likeness (QED) is 0.895. The van der Waals surface area contributed by atoms with Gasteiger partial charge in [-0.2, -0.15) is 0 Å². The zero-order valence-corrected chi connectivity index (χ0v) is 13.2. The monoisotopic (exact) mass is 296 g/mol. The molecule has 0 saturated carbocycles. The van der Waals surface area contributed by atoms with Gasteiger partial charge in [0.15, 0.2) is 0 Å². The Kier molecular flexibility index (Phi) is 5.51. The van der Waals surface area contributed by atoms with Crippen LogP contribution in [0.2, 0.25) is 0 Å². The topological polar surface area (TPSA) is 62.5 Å². The minimum Gasteiger partial charge on any atom is -0.337 e. The van der Waals surface area contributed by atoms with Crippen LogP contribution in [0.15, 0.2) is 5.38 Å². The van der Waals surface area contributed by atoms with E-state index in [1.54, 1.807) is 0 Å². The van der Waals surface area contributed by atoms with Crippen molar-refractivity contribution in [3.8, 4) is 0 Å². The summed E-state index contributed by atoms with van der Waals surface area (Å²) >= 11 is 1.46. The molecule has 0 bridgehead atoms. The molecule has 1 fully saturated rings. The van der Waals surface area contributed by atoms with Crippen molar-refractivity contribution in [1.82, 2.24) is 14.8 Å². The molecule has 112 valence electrons. The lowest BCUT2D eigenvalue weighted by atomic mass is 10.0. The Morgan fingerprint density at radius 3 is 2.80 bits per heavy atom. The van der Waals surface area contributed by atoms with Crippen molar-refractivity contribution in [2.24, 2.45) is 5.73 Å². The number of carbonyl (C=O) groups excluding carboxylic acids is 1. The number of aromatic nitrogens is 1. The van der Waals surface area contributed by atoms with E-state index >= 15 is 0 Å². The summed E-state index contributed by atoms with van der Waals surface area (Å²) in [6.45, 7) is 5.94. The van der Waals surface area contributed by atoms with Crippen LogP contribution in [0, 0.1) is 0 Å². The first-order valence-electron chi connectivity index (χ1n) is 7.29. The predicted molar refractivity (Wildman–Crippen MR) is 81.9 cm³/mol. The Bertz CT molecular complexity index is 440. The lowest BCUT2D eigenvalue weighted by Gasteiger charge is -2.36. The van der Waals surface area contributed by atoms with Crippen molar-refractivity contribution >= 4 is 17.2 Å². The number of carbonyl (C=O) groups is 1. The Balaban J connectivity index is 1.91. The number of piperidine rings is 1. The van der Waals surface area contributed by atoms with Gasteiger partial charge in [-0.05, 0) is 25.8 Å². The summed E-state index contributed by atoms with van der Waals surface area (Å²) in [6, 6.07) is 0.332. The highest BCUT2D eigenvalue weighted by Gasteiger charge is 2.26. The maximum absolute atomic E-state index is 12.4. The van der Waals surface area contributed by atoms with Gasteiger partial charge in [-0.1, -0.05) is 6.92 Å². The van der Waals surface area contributed by atoms with Gasteiger partial charge in [0, 0.05) is 38.1 Å². The van der Waals surface area contributed by atoms with Crippen LogP contribution in [0.3, 0.4) is 0 Å². The van der Waals surface area contributed by atoms with Gasteiger partial charge in [0.05, 0.1) is 0 Å². The minimum atomic E-state index is 0.0230. The molecule has 0 aromatic carbocycles. The number of nitrogens with zero attached hydrogens (tertiary/aromatic N) is 3. The van der Waals surface area contributed by atoms with E-state index in [4.69, 9.17) is 5.73 Å². The number of likely N-dealkylation sites (tertiary alicyclic amines) is 1. The molecule has 1 saturated heterocycles. The van der Waals surface area contributed by atoms with E-state index in [0.29, 0.717) is 18.3 Å². The number of nitrogens with two attached hydrogens (primary N) is 1. The second-order valence-electron chi connectivity index (χ2n) is 5.32. The molecule has 1 aliphatic heterocycles.